The molecule has 0 bridgehead atoms. The number of amides is 1. The number of carbonyl (C=O) groups is 1. The molecule has 0 aliphatic carbocycles. The van der Waals surface area contributed by atoms with Gasteiger partial charge in [-0.2, -0.15) is 0 Å². The van der Waals surface area contributed by atoms with Crippen LogP contribution >= 0.6 is 0 Å². The molecule has 1 amide bonds. The van der Waals surface area contributed by atoms with Crippen LogP contribution in [0.5, 0.6) is 0 Å². The zero-order valence-electron chi connectivity index (χ0n) is 3.55. The number of rotatable bonds is 0. The first-order valence-electron chi connectivity index (χ1n) is 1.68. The van der Waals surface area contributed by atoms with E-state index in [9.17, 15) is 4.79 Å². The fourth-order valence-electron chi connectivity index (χ4n) is 0.296. The van der Waals surface area contributed by atoms with E-state index in [1.165, 1.54) is 6.34 Å². The zero-order chi connectivity index (χ0) is 4.41. The van der Waals surface area contributed by atoms with Crippen LogP contribution < -0.4 is 5.32 Å². The quantitative estimate of drug-likeness (QED) is 0.425. The Morgan fingerprint density at radius 1 is 1.86 bits per heavy atom. The second kappa shape index (κ2) is 2.30. The number of hydrogen-bond donors (Lipinski definition) is 1. The molecule has 1 N–H and O–H groups in total. The maximum Gasteiger partial charge on any atom is 0.266 e. The van der Waals surface area contributed by atoms with Crippen LogP contribution in [0, 0.1) is 0 Å². The Morgan fingerprint density at radius 2 is 2.57 bits per heavy atom. The van der Waals surface area contributed by atoms with Crippen molar-refractivity contribution < 1.29 is 10.3 Å². The Labute approximate surface area is 40.6 Å². The molecule has 1 aliphatic heterocycles. The van der Waals surface area contributed by atoms with Gasteiger partial charge in [0.1, 0.15) is 0 Å². The van der Waals surface area contributed by atoms with Crippen molar-refractivity contribution in [1.29, 1.82) is 0 Å². The van der Waals surface area contributed by atoms with Crippen molar-refractivity contribution in [3.05, 3.63) is 0 Å². The van der Waals surface area contributed by atoms with Crippen LogP contribution in [0.3, 0.4) is 0 Å². The van der Waals surface area contributed by atoms with E-state index in [1.807, 2.05) is 0 Å². The van der Waals surface area contributed by atoms with Crippen LogP contribution in [0.25, 0.3) is 0 Å². The van der Waals surface area contributed by atoms with Crippen LogP contribution in [0.4, 0.5) is 0 Å². The monoisotopic (exact) mass is 100 g/mol. The molecule has 0 spiro atoms. The molecule has 1 aliphatic rings. The Morgan fingerprint density at radius 3 is 2.71 bits per heavy atom. The van der Waals surface area contributed by atoms with Crippen molar-refractivity contribution in [2.45, 2.75) is 0 Å². The Balaban J connectivity index is 0.000000360. The lowest BCUT2D eigenvalue weighted by Gasteiger charge is -1.74. The summed E-state index contributed by atoms with van der Waals surface area (Å²) >= 11 is 0. The number of aliphatic imine (C=N–C) groups is 1. The summed E-state index contributed by atoms with van der Waals surface area (Å²) in [5.74, 6) is -0.0880. The lowest BCUT2D eigenvalue weighted by Crippen LogP contribution is -2.09. The van der Waals surface area contributed by atoms with E-state index in [2.05, 4.69) is 10.3 Å². The molecular formula is C3H4N2O2. The standard InChI is InChI=1S/C3H4N2O.O/c6-3-1-4-2-5-3;/h2H,1H2,(H,4,5,6);. The van der Waals surface area contributed by atoms with Crippen LogP contribution in [-0.2, 0) is 10.3 Å². The normalized spacial score (nSPS) is 15.7. The minimum atomic E-state index is -0.0880. The van der Waals surface area contributed by atoms with Crippen LogP contribution in [0.1, 0.15) is 0 Å². The molecule has 0 fully saturated rings. The predicted octanol–water partition coefficient (Wildman–Crippen LogP) is -0.974. The molecule has 0 saturated heterocycles. The van der Waals surface area contributed by atoms with Gasteiger partial charge in [-0.15, -0.1) is 0 Å². The lowest BCUT2D eigenvalue weighted by atomic mass is 10.7. The van der Waals surface area contributed by atoms with E-state index in [0.29, 0.717) is 6.54 Å². The number of carbonyl (C=O) groups excluding carboxylic acids is 1. The van der Waals surface area contributed by atoms with Gasteiger partial charge in [-0.05, 0) is 0 Å². The van der Waals surface area contributed by atoms with Crippen molar-refractivity contribution in [2.24, 2.45) is 4.99 Å². The van der Waals surface area contributed by atoms with E-state index in [4.69, 9.17) is 0 Å². The van der Waals surface area contributed by atoms with Crippen molar-refractivity contribution in [3.63, 3.8) is 0 Å². The molecule has 2 radical (unpaired) electrons. The molecule has 4 heteroatoms. The van der Waals surface area contributed by atoms with Gasteiger partial charge in [0.2, 0.25) is 0 Å². The van der Waals surface area contributed by atoms with Gasteiger partial charge >= 0.3 is 0 Å². The summed E-state index contributed by atoms with van der Waals surface area (Å²) in [6, 6.07) is 0. The molecule has 0 aromatic heterocycles. The fourth-order valence-corrected chi connectivity index (χ4v) is 0.296. The molecule has 0 aromatic carbocycles. The molecule has 0 aromatic rings. The SMILES string of the molecule is O=C1CNC=N1.[O]. The first-order valence-corrected chi connectivity index (χ1v) is 1.68. The summed E-state index contributed by atoms with van der Waals surface area (Å²) in [7, 11) is 0. The van der Waals surface area contributed by atoms with E-state index < -0.39 is 0 Å². The summed E-state index contributed by atoms with van der Waals surface area (Å²) in [4.78, 5) is 13.3. The summed E-state index contributed by atoms with van der Waals surface area (Å²) in [5, 5.41) is 2.63. The molecule has 0 saturated carbocycles. The highest BCUT2D eigenvalue weighted by molar-refractivity contribution is 5.91. The second-order valence-electron chi connectivity index (χ2n) is 1.03. The molecule has 1 heterocycles. The average molecular weight is 100 g/mol. The van der Waals surface area contributed by atoms with E-state index in [0.717, 1.165) is 0 Å². The van der Waals surface area contributed by atoms with Crippen molar-refractivity contribution >= 4 is 12.2 Å². The minimum absolute atomic E-state index is 0. The highest BCUT2D eigenvalue weighted by Crippen LogP contribution is 1.74. The molecule has 0 unspecified atom stereocenters. The molecular weight excluding hydrogens is 96.0 g/mol. The van der Waals surface area contributed by atoms with Crippen LogP contribution in [0.2, 0.25) is 0 Å². The summed E-state index contributed by atoms with van der Waals surface area (Å²) in [6.07, 6.45) is 1.41. The molecule has 0 atom stereocenters. The van der Waals surface area contributed by atoms with Crippen LogP contribution in [0.15, 0.2) is 4.99 Å². The first-order chi connectivity index (χ1) is 2.89. The van der Waals surface area contributed by atoms with Crippen molar-refractivity contribution in [1.82, 2.24) is 5.32 Å². The van der Waals surface area contributed by atoms with Gasteiger partial charge in [0.05, 0.1) is 12.9 Å². The smallest absolute Gasteiger partial charge is 0.266 e. The largest absolute Gasteiger partial charge is 0.367 e. The first kappa shape index (κ1) is 6.10. The van der Waals surface area contributed by atoms with Gasteiger partial charge < -0.3 is 5.32 Å². The number of hydrogen-bond acceptors (Lipinski definition) is 2. The van der Waals surface area contributed by atoms with E-state index in [1.54, 1.807) is 0 Å². The van der Waals surface area contributed by atoms with Crippen LogP contribution in [-0.4, -0.2) is 18.8 Å². The van der Waals surface area contributed by atoms with Gasteiger partial charge in [-0.25, -0.2) is 4.99 Å². The van der Waals surface area contributed by atoms with Crippen molar-refractivity contribution in [3.8, 4) is 0 Å². The minimum Gasteiger partial charge on any atom is -0.367 e. The third-order valence-corrected chi connectivity index (χ3v) is 0.553. The second-order valence-corrected chi connectivity index (χ2v) is 1.03. The third kappa shape index (κ3) is 1.32. The Bertz CT molecular complexity index is 99.1. The predicted molar refractivity (Wildman–Crippen MR) is 22.2 cm³/mol. The summed E-state index contributed by atoms with van der Waals surface area (Å²) < 4.78 is 0. The van der Waals surface area contributed by atoms with E-state index >= 15 is 0 Å². The number of nitrogens with zero attached hydrogens (tertiary/aromatic N) is 1. The lowest BCUT2D eigenvalue weighted by molar-refractivity contribution is -0.116. The molecule has 7 heavy (non-hydrogen) atoms. The van der Waals surface area contributed by atoms with Gasteiger partial charge in [0.25, 0.3) is 5.91 Å². The molecule has 1 rings (SSSR count). The summed E-state index contributed by atoms with van der Waals surface area (Å²) in [6.45, 7) is 0.375. The average Bonchev–Trinajstić information content (AvgIpc) is 1.86. The number of nitrogens with one attached hydrogen (secondary N) is 1. The maximum absolute atomic E-state index is 9.98. The van der Waals surface area contributed by atoms with E-state index in [-0.39, 0.29) is 11.4 Å². The van der Waals surface area contributed by atoms with Crippen molar-refractivity contribution in [2.75, 3.05) is 6.54 Å². The summed E-state index contributed by atoms with van der Waals surface area (Å²) in [5.41, 5.74) is 0. The third-order valence-electron chi connectivity index (χ3n) is 0.553. The Hall–Kier alpha value is -0.900. The molecule has 38 valence electrons. The fraction of sp³-hybridized carbons (Fsp3) is 0.333. The van der Waals surface area contributed by atoms with Gasteiger partial charge in [-0.3, -0.25) is 4.79 Å². The Kier molecular flexibility index (Phi) is 2.01. The van der Waals surface area contributed by atoms with Gasteiger partial charge in [-0.1, -0.05) is 0 Å². The van der Waals surface area contributed by atoms with Gasteiger partial charge in [0.15, 0.2) is 0 Å². The maximum atomic E-state index is 9.98. The topological polar surface area (TPSA) is 70.0 Å². The zero-order valence-corrected chi connectivity index (χ0v) is 3.55. The highest BCUT2D eigenvalue weighted by Gasteiger charge is 1.98. The highest BCUT2D eigenvalue weighted by atomic mass is 16.1. The van der Waals surface area contributed by atoms with Gasteiger partial charge in [0, 0.05) is 5.48 Å². The molecule has 4 nitrogen and oxygen atoms in total.